The Labute approximate surface area is 190 Å². The zero-order valence-corrected chi connectivity index (χ0v) is 19.0. The topological polar surface area (TPSA) is 49.8 Å². The second kappa shape index (κ2) is 11.3. The maximum absolute atomic E-state index is 13.5. The van der Waals surface area contributed by atoms with Crippen LogP contribution in [0.15, 0.2) is 78.9 Å². The highest BCUT2D eigenvalue weighted by Gasteiger charge is 2.18. The van der Waals surface area contributed by atoms with Gasteiger partial charge < -0.3 is 14.7 Å². The first kappa shape index (κ1) is 23.3. The number of hydrogen-bond donors (Lipinski definition) is 1. The number of carbonyl (C=O) groups is 1. The van der Waals surface area contributed by atoms with Gasteiger partial charge in [0.1, 0.15) is 18.1 Å². The highest BCUT2D eigenvalue weighted by atomic mass is 16.5. The van der Waals surface area contributed by atoms with E-state index in [0.717, 1.165) is 41.0 Å². The van der Waals surface area contributed by atoms with Gasteiger partial charge in [0.15, 0.2) is 5.78 Å². The number of nitrogens with zero attached hydrogens (tertiary/aromatic N) is 1. The fraction of sp³-hybridized carbons (Fsp3) is 0.250. The Morgan fingerprint density at radius 1 is 0.875 bits per heavy atom. The van der Waals surface area contributed by atoms with Crippen LogP contribution in [0.25, 0.3) is 11.1 Å². The molecule has 0 spiro atoms. The van der Waals surface area contributed by atoms with Crippen molar-refractivity contribution in [1.29, 1.82) is 0 Å². The smallest absolute Gasteiger partial charge is 0.168 e. The number of likely N-dealkylation sites (N-methyl/N-ethyl adjacent to an activating group) is 1. The van der Waals surface area contributed by atoms with E-state index in [-0.39, 0.29) is 11.5 Å². The largest absolute Gasteiger partial charge is 0.508 e. The predicted octanol–water partition coefficient (Wildman–Crippen LogP) is 5.47. The number of allylic oxidation sites excluding steroid dienone is 2. The van der Waals surface area contributed by atoms with E-state index in [2.05, 4.69) is 11.8 Å². The molecule has 0 heterocycles. The molecule has 0 aliphatic carbocycles. The molecule has 0 bridgehead atoms. The van der Waals surface area contributed by atoms with Crippen molar-refractivity contribution in [3.8, 4) is 11.5 Å². The highest BCUT2D eigenvalue weighted by molar-refractivity contribution is 6.28. The average Bonchev–Trinajstić information content (AvgIpc) is 2.79. The zero-order chi connectivity index (χ0) is 22.9. The van der Waals surface area contributed by atoms with E-state index >= 15 is 0 Å². The van der Waals surface area contributed by atoms with Crippen molar-refractivity contribution in [1.82, 2.24) is 4.90 Å². The molecule has 0 atom stereocenters. The van der Waals surface area contributed by atoms with Crippen LogP contribution in [0.2, 0.25) is 0 Å². The molecule has 3 rings (SSSR count). The standard InChI is InChI=1S/C28H31NO3/c1-4-26(22-8-6-5-7-9-22)28(23-12-14-24(30)15-13-23)27(31)20-21-10-16-25(17-11-21)32-19-18-29(2)3/h5-17,30H,4,18-20H2,1-3H3/b28-26+. The molecule has 1 N–H and O–H groups in total. The Bertz CT molecular complexity index is 1040. The lowest BCUT2D eigenvalue weighted by Crippen LogP contribution is -2.19. The highest BCUT2D eigenvalue weighted by Crippen LogP contribution is 2.31. The zero-order valence-electron chi connectivity index (χ0n) is 19.0. The Morgan fingerprint density at radius 2 is 1.53 bits per heavy atom. The van der Waals surface area contributed by atoms with E-state index in [1.165, 1.54) is 0 Å². The van der Waals surface area contributed by atoms with Gasteiger partial charge in [0.25, 0.3) is 0 Å². The normalized spacial score (nSPS) is 11.9. The lowest BCUT2D eigenvalue weighted by molar-refractivity contribution is -0.113. The average molecular weight is 430 g/mol. The van der Waals surface area contributed by atoms with Gasteiger partial charge >= 0.3 is 0 Å². The lowest BCUT2D eigenvalue weighted by atomic mass is 9.88. The molecule has 4 nitrogen and oxygen atoms in total. The number of rotatable bonds is 10. The van der Waals surface area contributed by atoms with Crippen LogP contribution in [0.3, 0.4) is 0 Å². The molecule has 166 valence electrons. The minimum absolute atomic E-state index is 0.0534. The third-order valence-corrected chi connectivity index (χ3v) is 5.31. The van der Waals surface area contributed by atoms with Crippen LogP contribution in [0.4, 0.5) is 0 Å². The first-order chi connectivity index (χ1) is 15.5. The fourth-order valence-electron chi connectivity index (χ4n) is 3.62. The summed E-state index contributed by atoms with van der Waals surface area (Å²) in [6.07, 6.45) is 1.02. The molecule has 32 heavy (non-hydrogen) atoms. The third-order valence-electron chi connectivity index (χ3n) is 5.31. The third kappa shape index (κ3) is 6.32. The molecule has 3 aromatic carbocycles. The Morgan fingerprint density at radius 3 is 2.12 bits per heavy atom. The summed E-state index contributed by atoms with van der Waals surface area (Å²) < 4.78 is 5.76. The summed E-state index contributed by atoms with van der Waals surface area (Å²) in [5.41, 5.74) is 4.50. The summed E-state index contributed by atoms with van der Waals surface area (Å²) in [5, 5.41) is 9.73. The fourth-order valence-corrected chi connectivity index (χ4v) is 3.62. The Balaban J connectivity index is 1.88. The molecular formula is C28H31NO3. The quantitative estimate of drug-likeness (QED) is 0.343. The molecule has 0 aliphatic heterocycles. The molecule has 0 saturated heterocycles. The number of phenolic OH excluding ortho intramolecular Hbond substituents is 1. The van der Waals surface area contributed by atoms with Crippen LogP contribution in [0, 0.1) is 0 Å². The van der Waals surface area contributed by atoms with Gasteiger partial charge in [0.2, 0.25) is 0 Å². The second-order valence-corrected chi connectivity index (χ2v) is 8.02. The summed E-state index contributed by atoms with van der Waals surface area (Å²) in [7, 11) is 4.02. The van der Waals surface area contributed by atoms with Crippen LogP contribution < -0.4 is 4.74 Å². The monoisotopic (exact) mass is 429 g/mol. The maximum atomic E-state index is 13.5. The first-order valence-electron chi connectivity index (χ1n) is 11.0. The van der Waals surface area contributed by atoms with Crippen molar-refractivity contribution in [2.75, 3.05) is 27.2 Å². The molecule has 0 amide bonds. The molecule has 4 heteroatoms. The summed E-state index contributed by atoms with van der Waals surface area (Å²) in [5.74, 6) is 1.04. The van der Waals surface area contributed by atoms with E-state index in [0.29, 0.717) is 18.6 Å². The lowest BCUT2D eigenvalue weighted by Gasteiger charge is -2.15. The van der Waals surface area contributed by atoms with E-state index in [4.69, 9.17) is 4.74 Å². The van der Waals surface area contributed by atoms with Gasteiger partial charge in [-0.1, -0.05) is 61.5 Å². The van der Waals surface area contributed by atoms with Crippen molar-refractivity contribution in [3.05, 3.63) is 95.6 Å². The number of hydrogen-bond acceptors (Lipinski definition) is 4. The van der Waals surface area contributed by atoms with E-state index in [1.54, 1.807) is 12.1 Å². The summed E-state index contributed by atoms with van der Waals surface area (Å²) in [6, 6.07) is 24.6. The number of carbonyl (C=O) groups excluding carboxylic acids is 1. The number of Topliss-reactive ketones (excluding diaryl/α,β-unsaturated/α-hetero) is 1. The molecule has 0 radical (unpaired) electrons. The number of phenols is 1. The summed E-state index contributed by atoms with van der Waals surface area (Å²) in [4.78, 5) is 15.6. The number of benzene rings is 3. The van der Waals surface area contributed by atoms with Gasteiger partial charge in [-0.05, 0) is 67.0 Å². The van der Waals surface area contributed by atoms with Gasteiger partial charge in [-0.25, -0.2) is 0 Å². The van der Waals surface area contributed by atoms with Crippen LogP contribution >= 0.6 is 0 Å². The van der Waals surface area contributed by atoms with Gasteiger partial charge in [-0.2, -0.15) is 0 Å². The maximum Gasteiger partial charge on any atom is 0.168 e. The van der Waals surface area contributed by atoms with Gasteiger partial charge in [0, 0.05) is 18.5 Å². The van der Waals surface area contributed by atoms with Gasteiger partial charge in [-0.3, -0.25) is 4.79 Å². The van der Waals surface area contributed by atoms with Gasteiger partial charge in [-0.15, -0.1) is 0 Å². The molecule has 0 aliphatic rings. The van der Waals surface area contributed by atoms with E-state index < -0.39 is 0 Å². The van der Waals surface area contributed by atoms with Crippen molar-refractivity contribution >= 4 is 16.9 Å². The van der Waals surface area contributed by atoms with Crippen LogP contribution in [0.1, 0.15) is 30.0 Å². The van der Waals surface area contributed by atoms with Gasteiger partial charge in [0.05, 0.1) is 0 Å². The first-order valence-corrected chi connectivity index (χ1v) is 11.0. The van der Waals surface area contributed by atoms with Crippen LogP contribution in [-0.2, 0) is 11.2 Å². The van der Waals surface area contributed by atoms with Crippen molar-refractivity contribution in [3.63, 3.8) is 0 Å². The van der Waals surface area contributed by atoms with E-state index in [9.17, 15) is 9.90 Å². The SMILES string of the molecule is CC/C(=C(\C(=O)Cc1ccc(OCCN(C)C)cc1)c1ccc(O)cc1)c1ccccc1. The second-order valence-electron chi connectivity index (χ2n) is 8.02. The number of aromatic hydroxyl groups is 1. The summed E-state index contributed by atoms with van der Waals surface area (Å²) in [6.45, 7) is 3.53. The van der Waals surface area contributed by atoms with Crippen molar-refractivity contribution in [2.45, 2.75) is 19.8 Å². The molecule has 3 aromatic rings. The Kier molecular flexibility index (Phi) is 8.23. The number of ether oxygens (including phenoxy) is 1. The van der Waals surface area contributed by atoms with Crippen LogP contribution in [0.5, 0.6) is 11.5 Å². The molecule has 0 aromatic heterocycles. The predicted molar refractivity (Wildman–Crippen MR) is 131 cm³/mol. The van der Waals surface area contributed by atoms with Crippen molar-refractivity contribution in [2.24, 2.45) is 0 Å². The molecule has 0 saturated carbocycles. The molecule has 0 fully saturated rings. The van der Waals surface area contributed by atoms with Crippen LogP contribution in [-0.4, -0.2) is 43.0 Å². The van der Waals surface area contributed by atoms with Crippen molar-refractivity contribution < 1.29 is 14.6 Å². The minimum Gasteiger partial charge on any atom is -0.508 e. The molecular weight excluding hydrogens is 398 g/mol. The van der Waals surface area contributed by atoms with E-state index in [1.807, 2.05) is 80.8 Å². The summed E-state index contributed by atoms with van der Waals surface area (Å²) >= 11 is 0. The Hall–Kier alpha value is -3.37. The molecule has 0 unspecified atom stereocenters. The minimum atomic E-state index is 0.0534. The number of ketones is 1.